The fourth-order valence-corrected chi connectivity index (χ4v) is 3.47. The monoisotopic (exact) mass is 279 g/mol. The Labute approximate surface area is 113 Å². The summed E-state index contributed by atoms with van der Waals surface area (Å²) < 4.78 is 21.7. The molecule has 0 rings (SSSR count). The van der Waals surface area contributed by atoms with Crippen molar-refractivity contribution in [3.63, 3.8) is 0 Å². The maximum Gasteiger partial charge on any atom is 0.500 e. The van der Waals surface area contributed by atoms with Crippen molar-refractivity contribution < 1.29 is 18.0 Å². The predicted octanol–water partition coefficient (Wildman–Crippen LogP) is 1.61. The molecule has 0 heterocycles. The van der Waals surface area contributed by atoms with Crippen LogP contribution in [0.4, 0.5) is 0 Å². The Balaban J connectivity index is 3.61. The van der Waals surface area contributed by atoms with Crippen LogP contribution in [0, 0.1) is 0 Å². The van der Waals surface area contributed by atoms with Gasteiger partial charge in [-0.05, 0) is 19.5 Å². The van der Waals surface area contributed by atoms with Gasteiger partial charge in [0.25, 0.3) is 0 Å². The molecule has 0 amide bonds. The highest BCUT2D eigenvalue weighted by atomic mass is 28.4. The lowest BCUT2D eigenvalue weighted by Gasteiger charge is -2.24. The molecule has 5 nitrogen and oxygen atoms in total. The van der Waals surface area contributed by atoms with Crippen LogP contribution in [0.25, 0.3) is 0 Å². The van der Waals surface area contributed by atoms with Crippen molar-refractivity contribution in [2.24, 2.45) is 0 Å². The van der Waals surface area contributed by atoms with Gasteiger partial charge in [-0.1, -0.05) is 13.8 Å². The molecule has 0 aliphatic rings. The van der Waals surface area contributed by atoms with Gasteiger partial charge in [-0.25, -0.2) is 0 Å². The molecule has 0 aromatic carbocycles. The van der Waals surface area contributed by atoms with Crippen LogP contribution in [0.3, 0.4) is 0 Å². The van der Waals surface area contributed by atoms with E-state index >= 15 is 0 Å². The molecule has 0 saturated carbocycles. The Hall–Kier alpha value is 0.0169. The molecule has 0 unspecified atom stereocenters. The van der Waals surface area contributed by atoms with Crippen molar-refractivity contribution in [3.05, 3.63) is 0 Å². The normalized spacial score (nSPS) is 12.3. The van der Waals surface area contributed by atoms with E-state index in [0.717, 1.165) is 45.3 Å². The minimum atomic E-state index is -2.40. The van der Waals surface area contributed by atoms with E-state index in [1.54, 1.807) is 21.3 Å². The average Bonchev–Trinajstić information content (AvgIpc) is 2.43. The highest BCUT2D eigenvalue weighted by Gasteiger charge is 2.36. The van der Waals surface area contributed by atoms with Gasteiger partial charge in [-0.2, -0.15) is 0 Å². The molecule has 0 aromatic heterocycles. The molecule has 0 aliphatic carbocycles. The zero-order valence-corrected chi connectivity index (χ0v) is 13.5. The lowest BCUT2D eigenvalue weighted by atomic mass is 10.5. The Bertz CT molecular complexity index is 179. The number of ether oxygens (including phenoxy) is 1. The van der Waals surface area contributed by atoms with E-state index in [1.165, 1.54) is 0 Å². The average molecular weight is 279 g/mol. The van der Waals surface area contributed by atoms with Crippen LogP contribution >= 0.6 is 0 Å². The van der Waals surface area contributed by atoms with Crippen LogP contribution in [-0.2, 0) is 18.0 Å². The lowest BCUT2D eigenvalue weighted by molar-refractivity contribution is 0.0950. The molecule has 0 radical (unpaired) electrons. The van der Waals surface area contributed by atoms with Crippen LogP contribution in [0.15, 0.2) is 0 Å². The number of nitrogens with zero attached hydrogens (tertiary/aromatic N) is 1. The molecule has 0 atom stereocenters. The molecule has 0 aliphatic heterocycles. The van der Waals surface area contributed by atoms with Gasteiger partial charge < -0.3 is 22.9 Å². The summed E-state index contributed by atoms with van der Waals surface area (Å²) >= 11 is 0. The van der Waals surface area contributed by atoms with E-state index in [9.17, 15) is 0 Å². The molecule has 0 saturated heterocycles. The first-order chi connectivity index (χ1) is 8.67. The summed E-state index contributed by atoms with van der Waals surface area (Å²) in [7, 11) is 2.51. The summed E-state index contributed by atoms with van der Waals surface area (Å²) in [5.74, 6) is 0. The smallest absolute Gasteiger partial charge is 0.380 e. The molecular formula is C12H29NO4Si. The zero-order chi connectivity index (χ0) is 13.9. The SMILES string of the molecule is CCN(CC)CCOCCC[Si](OC)(OC)OC. The van der Waals surface area contributed by atoms with Crippen molar-refractivity contribution in [1.82, 2.24) is 4.90 Å². The van der Waals surface area contributed by atoms with Crippen LogP contribution in [0.5, 0.6) is 0 Å². The standard InChI is InChI=1S/C12H29NO4Si/c1-6-13(7-2)9-11-17-10-8-12-18(14-3,15-4)16-5/h6-12H2,1-5H3. The van der Waals surface area contributed by atoms with E-state index in [1.807, 2.05) is 0 Å². The fraction of sp³-hybridized carbons (Fsp3) is 1.00. The Morgan fingerprint density at radius 1 is 0.889 bits per heavy atom. The molecule has 0 spiro atoms. The van der Waals surface area contributed by atoms with Gasteiger partial charge in [0.15, 0.2) is 0 Å². The molecule has 18 heavy (non-hydrogen) atoms. The first-order valence-electron chi connectivity index (χ1n) is 6.63. The number of hydrogen-bond donors (Lipinski definition) is 0. The summed E-state index contributed by atoms with van der Waals surface area (Å²) in [6, 6.07) is 0.793. The number of hydrogen-bond acceptors (Lipinski definition) is 5. The zero-order valence-electron chi connectivity index (χ0n) is 12.5. The Morgan fingerprint density at radius 2 is 1.44 bits per heavy atom. The highest BCUT2D eigenvalue weighted by molar-refractivity contribution is 6.60. The van der Waals surface area contributed by atoms with Gasteiger partial charge in [-0.15, -0.1) is 0 Å². The van der Waals surface area contributed by atoms with Gasteiger partial charge >= 0.3 is 8.80 Å². The van der Waals surface area contributed by atoms with Crippen molar-refractivity contribution in [1.29, 1.82) is 0 Å². The lowest BCUT2D eigenvalue weighted by Crippen LogP contribution is -2.42. The van der Waals surface area contributed by atoms with Crippen molar-refractivity contribution in [2.45, 2.75) is 26.3 Å². The van der Waals surface area contributed by atoms with Gasteiger partial charge in [0.2, 0.25) is 0 Å². The second-order valence-corrected chi connectivity index (χ2v) is 7.13. The predicted molar refractivity (Wildman–Crippen MR) is 74.8 cm³/mol. The van der Waals surface area contributed by atoms with Gasteiger partial charge in [0.1, 0.15) is 0 Å². The van der Waals surface area contributed by atoms with E-state index < -0.39 is 8.80 Å². The van der Waals surface area contributed by atoms with Gasteiger partial charge in [-0.3, -0.25) is 0 Å². The molecule has 0 aromatic rings. The molecular weight excluding hydrogens is 250 g/mol. The Kier molecular flexibility index (Phi) is 10.9. The number of rotatable bonds is 12. The molecule has 0 fully saturated rings. The van der Waals surface area contributed by atoms with Crippen LogP contribution < -0.4 is 0 Å². The largest absolute Gasteiger partial charge is 0.500 e. The summed E-state index contributed by atoms with van der Waals surface area (Å²) in [6.07, 6.45) is 0.903. The van der Waals surface area contributed by atoms with Crippen molar-refractivity contribution in [3.8, 4) is 0 Å². The number of likely N-dealkylation sites (N-methyl/N-ethyl adjacent to an activating group) is 1. The van der Waals surface area contributed by atoms with E-state index in [-0.39, 0.29) is 0 Å². The summed E-state index contributed by atoms with van der Waals surface area (Å²) in [4.78, 5) is 2.35. The van der Waals surface area contributed by atoms with Crippen LogP contribution in [0.1, 0.15) is 20.3 Å². The maximum absolute atomic E-state index is 5.61. The minimum absolute atomic E-state index is 0.728. The summed E-state index contributed by atoms with van der Waals surface area (Å²) in [6.45, 7) is 8.99. The molecule has 6 heteroatoms. The third-order valence-electron chi connectivity index (χ3n) is 3.15. The van der Waals surface area contributed by atoms with E-state index in [2.05, 4.69) is 18.7 Å². The third kappa shape index (κ3) is 6.82. The maximum atomic E-state index is 5.61. The third-order valence-corrected chi connectivity index (χ3v) is 5.98. The van der Waals surface area contributed by atoms with Gasteiger partial charge in [0, 0.05) is 40.5 Å². The topological polar surface area (TPSA) is 40.2 Å². The van der Waals surface area contributed by atoms with Crippen molar-refractivity contribution >= 4 is 8.80 Å². The van der Waals surface area contributed by atoms with E-state index in [4.69, 9.17) is 18.0 Å². The van der Waals surface area contributed by atoms with Gasteiger partial charge in [0.05, 0.1) is 6.61 Å². The summed E-state index contributed by atoms with van der Waals surface area (Å²) in [5.41, 5.74) is 0. The molecule has 0 bridgehead atoms. The summed E-state index contributed by atoms with van der Waals surface area (Å²) in [5, 5.41) is 0. The molecule has 0 N–H and O–H groups in total. The molecule has 110 valence electrons. The Morgan fingerprint density at radius 3 is 1.89 bits per heavy atom. The van der Waals surface area contributed by atoms with Crippen LogP contribution in [0.2, 0.25) is 6.04 Å². The van der Waals surface area contributed by atoms with Crippen molar-refractivity contribution in [2.75, 3.05) is 54.2 Å². The van der Waals surface area contributed by atoms with Crippen LogP contribution in [-0.4, -0.2) is 67.9 Å². The second kappa shape index (κ2) is 10.9. The van der Waals surface area contributed by atoms with E-state index in [0.29, 0.717) is 0 Å². The first-order valence-corrected chi connectivity index (χ1v) is 8.56. The highest BCUT2D eigenvalue weighted by Crippen LogP contribution is 2.14. The second-order valence-electron chi connectivity index (χ2n) is 4.04. The quantitative estimate of drug-likeness (QED) is 0.401. The first kappa shape index (κ1) is 18.0. The minimum Gasteiger partial charge on any atom is -0.380 e. The fourth-order valence-electron chi connectivity index (χ4n) is 1.78.